The first kappa shape index (κ1) is 37.5. The lowest BCUT2D eigenvalue weighted by Gasteiger charge is -2.29. The molecule has 0 aliphatic carbocycles. The Kier molecular flexibility index (Phi) is 16.5. The van der Waals surface area contributed by atoms with Gasteiger partial charge in [-0.05, 0) is 51.0 Å². The van der Waals surface area contributed by atoms with Crippen molar-refractivity contribution in [3.63, 3.8) is 0 Å². The average Bonchev–Trinajstić information content (AvgIpc) is 2.94. The van der Waals surface area contributed by atoms with Crippen molar-refractivity contribution < 1.29 is 33.4 Å². The van der Waals surface area contributed by atoms with E-state index in [1.807, 2.05) is 65.0 Å². The molecule has 0 spiro atoms. The molecule has 238 valence electrons. The molecule has 0 radical (unpaired) electrons. The van der Waals surface area contributed by atoms with E-state index in [0.717, 1.165) is 24.0 Å². The number of methoxy groups -OCH3 is 1. The van der Waals surface area contributed by atoms with Gasteiger partial charge in [0, 0.05) is 30.9 Å². The second-order valence-corrected chi connectivity index (χ2v) is 11.8. The summed E-state index contributed by atoms with van der Waals surface area (Å²) in [5.74, 6) is -1.80. The molecule has 7 unspecified atom stereocenters. The number of allylic oxidation sites excluding steroid dienone is 8. The topological polar surface area (TPSA) is 96.0 Å². The van der Waals surface area contributed by atoms with Gasteiger partial charge in [-0.2, -0.15) is 0 Å². The Morgan fingerprint density at radius 1 is 1.05 bits per heavy atom. The number of carbonyl (C=O) groups excluding carboxylic acids is 4. The van der Waals surface area contributed by atoms with Crippen molar-refractivity contribution in [2.75, 3.05) is 7.11 Å². The van der Waals surface area contributed by atoms with Gasteiger partial charge in [0.05, 0.1) is 13.0 Å². The Morgan fingerprint density at radius 2 is 1.72 bits per heavy atom. The number of Topliss-reactive ketones (excluding diaryl/α,β-unsaturated/α-hetero) is 1. The van der Waals surface area contributed by atoms with Crippen LogP contribution >= 0.6 is 0 Å². The van der Waals surface area contributed by atoms with Gasteiger partial charge in [0.25, 0.3) is 0 Å². The second kappa shape index (κ2) is 18.9. The number of hydrogen-bond donors (Lipinski definition) is 0. The van der Waals surface area contributed by atoms with E-state index in [2.05, 4.69) is 26.0 Å². The first-order chi connectivity index (χ1) is 20.2. The Bertz CT molecular complexity index is 1150. The molecule has 0 aromatic carbocycles. The standard InChI is InChI=1S/C36H52O7/c1-11-31(16-17-32-26(5)15-18-33(38)43-32)21-24(3)14-12-13-23(2)19-27(6)35(40)29(8)36(42-30(9)37)28(7)20-25(4)22-34(39)41-10/h12-13,15-19,21-22,24,26-29,32,36H,11,14,20H2,1-10H3/b13-12+,17-16+,23-19+,25-22+,31-21-. The van der Waals surface area contributed by atoms with E-state index in [-0.39, 0.29) is 35.6 Å². The Morgan fingerprint density at radius 3 is 2.33 bits per heavy atom. The second-order valence-electron chi connectivity index (χ2n) is 11.8. The lowest BCUT2D eigenvalue weighted by Crippen LogP contribution is -2.37. The molecular formula is C36H52O7. The van der Waals surface area contributed by atoms with E-state index >= 15 is 0 Å². The van der Waals surface area contributed by atoms with E-state index < -0.39 is 24.0 Å². The summed E-state index contributed by atoms with van der Waals surface area (Å²) in [5.41, 5.74) is 2.96. The highest BCUT2D eigenvalue weighted by atomic mass is 16.5. The monoisotopic (exact) mass is 596 g/mol. The number of ketones is 1. The maximum absolute atomic E-state index is 13.4. The molecule has 1 aliphatic heterocycles. The molecule has 7 nitrogen and oxygen atoms in total. The van der Waals surface area contributed by atoms with Crippen molar-refractivity contribution >= 4 is 23.7 Å². The fraction of sp³-hybridized carbons (Fsp3) is 0.556. The third-order valence-electron chi connectivity index (χ3n) is 7.58. The predicted octanol–water partition coefficient (Wildman–Crippen LogP) is 7.44. The normalized spacial score (nSPS) is 21.7. The molecule has 7 atom stereocenters. The van der Waals surface area contributed by atoms with Crippen molar-refractivity contribution in [2.45, 2.75) is 93.8 Å². The zero-order valence-corrected chi connectivity index (χ0v) is 27.7. The third kappa shape index (κ3) is 14.0. The predicted molar refractivity (Wildman–Crippen MR) is 171 cm³/mol. The number of hydrogen-bond acceptors (Lipinski definition) is 7. The average molecular weight is 597 g/mol. The van der Waals surface area contributed by atoms with Gasteiger partial charge in [-0.1, -0.05) is 94.7 Å². The molecule has 0 aromatic rings. The summed E-state index contributed by atoms with van der Waals surface area (Å²) in [5, 5.41) is 0. The lowest BCUT2D eigenvalue weighted by atomic mass is 9.82. The first-order valence-electron chi connectivity index (χ1n) is 15.3. The fourth-order valence-corrected chi connectivity index (χ4v) is 5.20. The van der Waals surface area contributed by atoms with Crippen LogP contribution in [0.1, 0.15) is 81.6 Å². The molecule has 1 heterocycles. The van der Waals surface area contributed by atoms with Crippen LogP contribution in [0.25, 0.3) is 0 Å². The minimum atomic E-state index is -0.614. The van der Waals surface area contributed by atoms with Crippen molar-refractivity contribution in [3.05, 3.63) is 71.4 Å². The first-order valence-corrected chi connectivity index (χ1v) is 15.3. The van der Waals surface area contributed by atoms with Gasteiger partial charge in [-0.15, -0.1) is 0 Å². The Labute approximate surface area is 258 Å². The van der Waals surface area contributed by atoms with Crippen molar-refractivity contribution in [3.8, 4) is 0 Å². The van der Waals surface area contributed by atoms with Gasteiger partial charge < -0.3 is 14.2 Å². The molecule has 0 saturated carbocycles. The van der Waals surface area contributed by atoms with Crippen molar-refractivity contribution in [2.24, 2.45) is 29.6 Å². The third-order valence-corrected chi connectivity index (χ3v) is 7.58. The number of carbonyl (C=O) groups is 4. The van der Waals surface area contributed by atoms with E-state index in [1.165, 1.54) is 31.8 Å². The minimum Gasteiger partial charge on any atom is -0.466 e. The van der Waals surface area contributed by atoms with Gasteiger partial charge in [0.15, 0.2) is 0 Å². The molecule has 0 bridgehead atoms. The number of rotatable bonds is 16. The minimum absolute atomic E-state index is 0.00965. The zero-order valence-electron chi connectivity index (χ0n) is 27.7. The SMILES string of the molecule is CCC(=C/C(C)C/C=C/C(C)=C/C(C)C(=O)C(C)C(OC(C)=O)C(C)C/C(C)=C/C(=O)OC)/C=C/C1OC(=O)C=CC1C. The summed E-state index contributed by atoms with van der Waals surface area (Å²) in [6.07, 6.45) is 18.4. The largest absolute Gasteiger partial charge is 0.466 e. The quantitative estimate of drug-likeness (QED) is 0.0790. The summed E-state index contributed by atoms with van der Waals surface area (Å²) in [6, 6.07) is 0. The molecule has 0 saturated heterocycles. The van der Waals surface area contributed by atoms with E-state index in [4.69, 9.17) is 14.2 Å². The van der Waals surface area contributed by atoms with Crippen LogP contribution in [-0.4, -0.2) is 43.0 Å². The fourth-order valence-electron chi connectivity index (χ4n) is 5.20. The molecule has 1 aliphatic rings. The maximum atomic E-state index is 13.4. The van der Waals surface area contributed by atoms with Crippen LogP contribution in [0.2, 0.25) is 0 Å². The molecule has 1 rings (SSSR count). The highest BCUT2D eigenvalue weighted by molar-refractivity contribution is 5.85. The summed E-state index contributed by atoms with van der Waals surface area (Å²) < 4.78 is 15.7. The Balaban J connectivity index is 2.84. The molecular weight excluding hydrogens is 544 g/mol. The van der Waals surface area contributed by atoms with Crippen LogP contribution in [0.15, 0.2) is 71.4 Å². The van der Waals surface area contributed by atoms with Crippen LogP contribution in [0.3, 0.4) is 0 Å². The summed E-state index contributed by atoms with van der Waals surface area (Å²) >= 11 is 0. The summed E-state index contributed by atoms with van der Waals surface area (Å²) in [6.45, 7) is 17.0. The highest BCUT2D eigenvalue weighted by Gasteiger charge is 2.33. The van der Waals surface area contributed by atoms with Crippen LogP contribution in [0.5, 0.6) is 0 Å². The molecule has 43 heavy (non-hydrogen) atoms. The number of ether oxygens (including phenoxy) is 3. The van der Waals surface area contributed by atoms with Gasteiger partial charge in [-0.25, -0.2) is 9.59 Å². The van der Waals surface area contributed by atoms with Gasteiger partial charge in [-0.3, -0.25) is 9.59 Å². The van der Waals surface area contributed by atoms with E-state index in [9.17, 15) is 19.2 Å². The lowest BCUT2D eigenvalue weighted by molar-refractivity contribution is -0.154. The summed E-state index contributed by atoms with van der Waals surface area (Å²) in [7, 11) is 1.32. The van der Waals surface area contributed by atoms with Crippen molar-refractivity contribution in [1.82, 2.24) is 0 Å². The molecule has 0 fully saturated rings. The van der Waals surface area contributed by atoms with Crippen LogP contribution < -0.4 is 0 Å². The van der Waals surface area contributed by atoms with Gasteiger partial charge in [0.1, 0.15) is 18.0 Å². The zero-order chi connectivity index (χ0) is 32.7. The molecule has 0 aromatic heterocycles. The number of cyclic esters (lactones) is 1. The summed E-state index contributed by atoms with van der Waals surface area (Å²) in [4.78, 5) is 48.4. The molecule has 7 heteroatoms. The molecule has 0 N–H and O–H groups in total. The van der Waals surface area contributed by atoms with E-state index in [0.29, 0.717) is 12.3 Å². The van der Waals surface area contributed by atoms with Gasteiger partial charge in [0.2, 0.25) is 0 Å². The van der Waals surface area contributed by atoms with Gasteiger partial charge >= 0.3 is 17.9 Å². The number of esters is 3. The highest BCUT2D eigenvalue weighted by Crippen LogP contribution is 2.27. The van der Waals surface area contributed by atoms with E-state index in [1.54, 1.807) is 6.92 Å². The molecule has 0 amide bonds. The van der Waals surface area contributed by atoms with Crippen LogP contribution in [-0.2, 0) is 33.4 Å². The maximum Gasteiger partial charge on any atom is 0.331 e. The smallest absolute Gasteiger partial charge is 0.331 e. The van der Waals surface area contributed by atoms with Crippen molar-refractivity contribution in [1.29, 1.82) is 0 Å². The van der Waals surface area contributed by atoms with Crippen LogP contribution in [0, 0.1) is 29.6 Å². The van der Waals surface area contributed by atoms with Crippen LogP contribution in [0.4, 0.5) is 0 Å². The Hall–Kier alpha value is -3.48.